The summed E-state index contributed by atoms with van der Waals surface area (Å²) < 4.78 is 61.3. The summed E-state index contributed by atoms with van der Waals surface area (Å²) in [6.07, 6.45) is 10.5. The Kier molecular flexibility index (Phi) is 20.2. The quantitative estimate of drug-likeness (QED) is 0.0775. The first-order valence-corrected chi connectivity index (χ1v) is 26.7. The van der Waals surface area contributed by atoms with Crippen LogP contribution in [0.15, 0.2) is 73.3 Å². The average molecular weight is 1120 g/mol. The van der Waals surface area contributed by atoms with Crippen molar-refractivity contribution in [2.75, 3.05) is 91.6 Å². The maximum Gasteiger partial charge on any atom is 0.320 e. The molecule has 18 nitrogen and oxygen atoms in total. The molecule has 77 heavy (non-hydrogen) atoms. The number of aromatic nitrogens is 4. The highest BCUT2D eigenvalue weighted by Gasteiger charge is 2.31. The van der Waals surface area contributed by atoms with Gasteiger partial charge in [-0.15, -0.1) is 0 Å². The molecule has 0 atom stereocenters. The smallest absolute Gasteiger partial charge is 0.320 e. The summed E-state index contributed by atoms with van der Waals surface area (Å²) >= 11 is 17.0. The van der Waals surface area contributed by atoms with E-state index in [0.717, 1.165) is 62.1 Å². The van der Waals surface area contributed by atoms with E-state index in [2.05, 4.69) is 35.9 Å². The summed E-state index contributed by atoms with van der Waals surface area (Å²) in [5, 5.41) is 10.9. The lowest BCUT2D eigenvalue weighted by Gasteiger charge is -2.38. The lowest BCUT2D eigenvalue weighted by atomic mass is 9.92. The topological polar surface area (TPSA) is 187 Å². The SMILES string of the molecule is CNC1CCC(Oc2cc3c(Nc4ccc(F)c(Cl)c4)ncnc3cc2OC)CC1.COc1cc2ncnc(Nc3ccc(F)c(Cl)c3)c2cc1OC1CCC(N(C)C(=O)N2CCOCC2)CC1.O=C(Cl)N1CCOCC1. The van der Waals surface area contributed by atoms with E-state index < -0.39 is 11.6 Å². The van der Waals surface area contributed by atoms with E-state index in [1.807, 2.05) is 48.2 Å². The van der Waals surface area contributed by atoms with Gasteiger partial charge in [0.05, 0.1) is 73.9 Å². The second-order valence-corrected chi connectivity index (χ2v) is 19.9. The molecule has 4 heterocycles. The summed E-state index contributed by atoms with van der Waals surface area (Å²) in [5.41, 5.74) is 2.62. The number of methoxy groups -OCH3 is 2. The molecule has 4 aromatic carbocycles. The number of halogens is 5. The molecule has 3 amide bonds. The number of amides is 3. The number of urea groups is 1. The highest BCUT2D eigenvalue weighted by atomic mass is 35.5. The molecule has 4 aliphatic rings. The van der Waals surface area contributed by atoms with Crippen LogP contribution in [0.5, 0.6) is 23.0 Å². The number of rotatable bonds is 12. The zero-order chi connectivity index (χ0) is 54.4. The Morgan fingerprint density at radius 3 is 1.47 bits per heavy atom. The van der Waals surface area contributed by atoms with Crippen molar-refractivity contribution >= 4 is 91.0 Å². The first-order chi connectivity index (χ1) is 37.3. The van der Waals surface area contributed by atoms with Crippen LogP contribution in [0.4, 0.5) is 41.4 Å². The Labute approximate surface area is 460 Å². The molecule has 2 aromatic heterocycles. The molecule has 412 valence electrons. The molecule has 10 rings (SSSR count). The van der Waals surface area contributed by atoms with Gasteiger partial charge in [0.1, 0.15) is 35.9 Å². The second kappa shape index (κ2) is 27.3. The van der Waals surface area contributed by atoms with Crippen molar-refractivity contribution in [3.63, 3.8) is 0 Å². The van der Waals surface area contributed by atoms with Gasteiger partial charge in [-0.2, -0.15) is 0 Å². The molecular weight excluding hydrogens is 1060 g/mol. The largest absolute Gasteiger partial charge is 0.493 e. The Bertz CT molecular complexity index is 2960. The number of carbonyl (C=O) groups excluding carboxylic acids is 2. The number of anilines is 4. The molecule has 2 saturated carbocycles. The lowest BCUT2D eigenvalue weighted by Crippen LogP contribution is -2.51. The Morgan fingerprint density at radius 2 is 1.06 bits per heavy atom. The van der Waals surface area contributed by atoms with E-state index in [1.165, 1.54) is 36.9 Å². The summed E-state index contributed by atoms with van der Waals surface area (Å²) in [6, 6.07) is 17.0. The predicted molar refractivity (Wildman–Crippen MR) is 293 cm³/mol. The van der Waals surface area contributed by atoms with Crippen molar-refractivity contribution in [3.05, 3.63) is 95.0 Å². The third-order valence-corrected chi connectivity index (χ3v) is 14.7. The van der Waals surface area contributed by atoms with Crippen LogP contribution in [0.3, 0.4) is 0 Å². The van der Waals surface area contributed by atoms with Gasteiger partial charge >= 0.3 is 11.4 Å². The fourth-order valence-electron chi connectivity index (χ4n) is 9.50. The van der Waals surface area contributed by atoms with Crippen molar-refractivity contribution in [1.82, 2.24) is 40.0 Å². The van der Waals surface area contributed by atoms with Gasteiger partial charge in [-0.1, -0.05) is 23.2 Å². The molecule has 0 bridgehead atoms. The van der Waals surface area contributed by atoms with E-state index >= 15 is 0 Å². The molecule has 4 fully saturated rings. The Morgan fingerprint density at radius 1 is 0.623 bits per heavy atom. The average Bonchev–Trinajstić information content (AvgIpc) is 3.46. The number of nitrogens with zero attached hydrogens (tertiary/aromatic N) is 7. The van der Waals surface area contributed by atoms with Gasteiger partial charge in [-0.05, 0) is 119 Å². The first-order valence-electron chi connectivity index (χ1n) is 25.5. The molecule has 2 aliphatic heterocycles. The van der Waals surface area contributed by atoms with Crippen LogP contribution in [0.2, 0.25) is 10.0 Å². The fraction of sp³-hybridized carbons (Fsp3) is 0.444. The minimum Gasteiger partial charge on any atom is -0.493 e. The van der Waals surface area contributed by atoms with E-state index in [9.17, 15) is 18.4 Å². The number of morpholine rings is 2. The molecule has 0 radical (unpaired) electrons. The zero-order valence-corrected chi connectivity index (χ0v) is 45.6. The van der Waals surface area contributed by atoms with Crippen LogP contribution < -0.4 is 34.9 Å². The summed E-state index contributed by atoms with van der Waals surface area (Å²) in [5.74, 6) is 2.62. The lowest BCUT2D eigenvalue weighted by molar-refractivity contribution is 0.0369. The molecule has 3 N–H and O–H groups in total. The van der Waals surface area contributed by atoms with Gasteiger partial charge < -0.3 is 59.1 Å². The molecular formula is C54H63Cl3F2N10O8. The Balaban J connectivity index is 0.000000178. The molecule has 2 saturated heterocycles. The second-order valence-electron chi connectivity index (χ2n) is 18.8. The van der Waals surface area contributed by atoms with E-state index in [-0.39, 0.29) is 39.7 Å². The third-order valence-electron chi connectivity index (χ3n) is 13.9. The Hall–Kier alpha value is -6.29. The van der Waals surface area contributed by atoms with Crippen molar-refractivity contribution < 1.29 is 46.8 Å². The molecule has 0 spiro atoms. The van der Waals surface area contributed by atoms with Crippen LogP contribution in [0, 0.1) is 11.6 Å². The van der Waals surface area contributed by atoms with E-state index in [0.29, 0.717) is 116 Å². The van der Waals surface area contributed by atoms with Gasteiger partial charge in [0.25, 0.3) is 0 Å². The molecule has 2 aliphatic carbocycles. The van der Waals surface area contributed by atoms with Crippen molar-refractivity contribution in [2.45, 2.75) is 75.7 Å². The van der Waals surface area contributed by atoms with Crippen LogP contribution in [0.25, 0.3) is 21.8 Å². The van der Waals surface area contributed by atoms with Gasteiger partial charge in [0, 0.05) is 79.6 Å². The van der Waals surface area contributed by atoms with Crippen LogP contribution in [-0.4, -0.2) is 151 Å². The first kappa shape index (κ1) is 56.9. The van der Waals surface area contributed by atoms with Crippen LogP contribution >= 0.6 is 34.8 Å². The number of hydrogen-bond acceptors (Lipinski definition) is 15. The number of hydrogen-bond donors (Lipinski definition) is 3. The molecule has 23 heteroatoms. The molecule has 0 unspecified atom stereocenters. The predicted octanol–water partition coefficient (Wildman–Crippen LogP) is 11.0. The summed E-state index contributed by atoms with van der Waals surface area (Å²) in [7, 11) is 7.10. The van der Waals surface area contributed by atoms with Crippen LogP contribution in [-0.2, 0) is 9.47 Å². The maximum absolute atomic E-state index is 13.6. The highest BCUT2D eigenvalue weighted by Crippen LogP contribution is 2.39. The van der Waals surface area contributed by atoms with Crippen molar-refractivity contribution in [2.24, 2.45) is 0 Å². The normalized spacial score (nSPS) is 19.4. The van der Waals surface area contributed by atoms with E-state index in [4.69, 9.17) is 63.2 Å². The summed E-state index contributed by atoms with van der Waals surface area (Å²) in [4.78, 5) is 46.1. The number of fused-ring (bicyclic) bond motifs is 2. The maximum atomic E-state index is 13.6. The van der Waals surface area contributed by atoms with Gasteiger partial charge in [0.15, 0.2) is 23.0 Å². The number of ether oxygens (including phenoxy) is 6. The van der Waals surface area contributed by atoms with Gasteiger partial charge in [-0.25, -0.2) is 33.5 Å². The summed E-state index contributed by atoms with van der Waals surface area (Å²) in [6.45, 7) is 4.93. The highest BCUT2D eigenvalue weighted by molar-refractivity contribution is 6.62. The van der Waals surface area contributed by atoms with E-state index in [1.54, 1.807) is 31.3 Å². The third kappa shape index (κ3) is 15.1. The van der Waals surface area contributed by atoms with Gasteiger partial charge in [-0.3, -0.25) is 4.79 Å². The standard InChI is InChI=1S/C27H31ClFN5O4.C22H24ClFN4O2.C5H8ClNO2/c1-33(27(35)34-9-11-37-12-10-34)18-4-6-19(7-5-18)38-25-14-20-23(15-24(25)36-2)30-16-31-26(20)32-17-3-8-22(29)21(28)13-17;1-25-13-3-6-15(7-4-13)30-21-10-16-19(11-20(21)29-2)26-12-27-22(16)28-14-5-8-18(24)17(23)9-14;6-5(8)7-1-3-9-4-2-7/h3,8,13-16,18-19H,4-7,9-12H2,1-2H3,(H,30,31,32);5,8-13,15,25H,3-4,6-7H2,1-2H3,(H,26,27,28);1-4H2. The zero-order valence-electron chi connectivity index (χ0n) is 43.3. The number of carbonyl (C=O) groups is 2. The fourth-order valence-corrected chi connectivity index (χ4v) is 10.0. The van der Waals surface area contributed by atoms with Crippen molar-refractivity contribution in [3.8, 4) is 23.0 Å². The van der Waals surface area contributed by atoms with Crippen molar-refractivity contribution in [1.29, 1.82) is 0 Å². The molecule has 6 aromatic rings. The monoisotopic (exact) mass is 1120 g/mol. The van der Waals surface area contributed by atoms with Gasteiger partial charge in [0.2, 0.25) is 0 Å². The minimum atomic E-state index is -0.489. The number of benzene rings is 4. The van der Waals surface area contributed by atoms with Crippen LogP contribution in [0.1, 0.15) is 51.4 Å². The minimum absolute atomic E-state index is 0.0126. The number of nitrogens with one attached hydrogen (secondary N) is 3.